The predicted molar refractivity (Wildman–Crippen MR) is 111 cm³/mol. The van der Waals surface area contributed by atoms with Gasteiger partial charge < -0.3 is 19.7 Å². The number of rotatable bonds is 6. The Labute approximate surface area is 172 Å². The Morgan fingerprint density at radius 2 is 2.04 bits per heavy atom. The smallest absolute Gasteiger partial charge is 0.258 e. The topological polar surface area (TPSA) is 63.7 Å². The van der Waals surface area contributed by atoms with Crippen molar-refractivity contribution < 1.29 is 14.3 Å². The summed E-state index contributed by atoms with van der Waals surface area (Å²) in [4.78, 5) is 19.9. The zero-order valence-electron chi connectivity index (χ0n) is 16.4. The summed E-state index contributed by atoms with van der Waals surface area (Å²) < 4.78 is 10.7. The second-order valence-corrected chi connectivity index (χ2v) is 6.66. The number of carbonyl (C=O) groups excluding carboxylic acids is 1. The maximum Gasteiger partial charge on any atom is 0.258 e. The lowest BCUT2D eigenvalue weighted by atomic mass is 10.0. The molecule has 1 aliphatic heterocycles. The molecule has 28 heavy (non-hydrogen) atoms. The fourth-order valence-corrected chi connectivity index (χ4v) is 3.48. The van der Waals surface area contributed by atoms with Gasteiger partial charge in [-0.3, -0.25) is 9.78 Å². The molecule has 0 bridgehead atoms. The van der Waals surface area contributed by atoms with Crippen LogP contribution in [0.5, 0.6) is 11.5 Å². The van der Waals surface area contributed by atoms with Crippen molar-refractivity contribution in [3.05, 3.63) is 53.9 Å². The highest BCUT2D eigenvalue weighted by Crippen LogP contribution is 2.28. The van der Waals surface area contributed by atoms with E-state index in [-0.39, 0.29) is 24.4 Å². The van der Waals surface area contributed by atoms with Gasteiger partial charge >= 0.3 is 0 Å². The van der Waals surface area contributed by atoms with Crippen molar-refractivity contribution in [1.29, 1.82) is 0 Å². The number of halogens is 1. The van der Waals surface area contributed by atoms with Crippen LogP contribution in [-0.4, -0.2) is 49.1 Å². The van der Waals surface area contributed by atoms with Gasteiger partial charge in [-0.25, -0.2) is 0 Å². The van der Waals surface area contributed by atoms with E-state index in [1.54, 1.807) is 38.6 Å². The van der Waals surface area contributed by atoms with Gasteiger partial charge in [0.1, 0.15) is 11.5 Å². The number of pyridine rings is 1. The molecule has 1 N–H and O–H groups in total. The second-order valence-electron chi connectivity index (χ2n) is 6.66. The molecule has 1 aliphatic rings. The quantitative estimate of drug-likeness (QED) is 0.798. The van der Waals surface area contributed by atoms with E-state index in [4.69, 9.17) is 9.47 Å². The van der Waals surface area contributed by atoms with E-state index in [9.17, 15) is 4.79 Å². The molecule has 1 aromatic carbocycles. The van der Waals surface area contributed by atoms with Gasteiger partial charge in [0.15, 0.2) is 0 Å². The number of nitrogens with zero attached hydrogens (tertiary/aromatic N) is 2. The van der Waals surface area contributed by atoms with E-state index in [1.165, 1.54) is 0 Å². The molecular formula is C21H28ClN3O3. The van der Waals surface area contributed by atoms with Crippen LogP contribution in [0.2, 0.25) is 0 Å². The molecule has 1 aromatic heterocycles. The molecule has 3 rings (SSSR count). The summed E-state index contributed by atoms with van der Waals surface area (Å²) in [5.74, 6) is 1.16. The van der Waals surface area contributed by atoms with Crippen LogP contribution in [0.1, 0.15) is 35.3 Å². The summed E-state index contributed by atoms with van der Waals surface area (Å²) in [6.07, 6.45) is 4.72. The Bertz CT molecular complexity index is 750. The average molecular weight is 406 g/mol. The van der Waals surface area contributed by atoms with Gasteiger partial charge in [-0.15, -0.1) is 12.4 Å². The van der Waals surface area contributed by atoms with Crippen molar-refractivity contribution in [2.45, 2.75) is 31.8 Å². The third kappa shape index (κ3) is 5.36. The molecule has 1 unspecified atom stereocenters. The van der Waals surface area contributed by atoms with Crippen LogP contribution in [0.3, 0.4) is 0 Å². The van der Waals surface area contributed by atoms with Gasteiger partial charge in [-0.05, 0) is 56.6 Å². The van der Waals surface area contributed by atoms with Gasteiger partial charge in [0.25, 0.3) is 5.91 Å². The predicted octanol–water partition coefficient (Wildman–Crippen LogP) is 3.31. The number of aromatic nitrogens is 1. The molecule has 6 nitrogen and oxygen atoms in total. The standard InChI is InChI=1S/C21H27N3O3.ClH/c1-26-18-8-9-19(20(14-18)27-2)21(25)24(15-16-6-3-4-12-23-16)17-7-5-11-22-13-10-17;/h3-4,6,8-9,12,14,17,22H,5,7,10-11,13,15H2,1-2H3;1H. The Kier molecular flexibility index (Phi) is 8.54. The second kappa shape index (κ2) is 10.9. The van der Waals surface area contributed by atoms with Crippen molar-refractivity contribution in [3.8, 4) is 11.5 Å². The number of amides is 1. The van der Waals surface area contributed by atoms with Crippen LogP contribution >= 0.6 is 12.4 Å². The maximum absolute atomic E-state index is 13.5. The highest BCUT2D eigenvalue weighted by atomic mass is 35.5. The molecule has 2 aromatic rings. The van der Waals surface area contributed by atoms with Crippen molar-refractivity contribution in [3.63, 3.8) is 0 Å². The summed E-state index contributed by atoms with van der Waals surface area (Å²) in [6, 6.07) is 11.3. The van der Waals surface area contributed by atoms with E-state index in [0.29, 0.717) is 23.6 Å². The first-order chi connectivity index (χ1) is 13.2. The molecule has 1 fully saturated rings. The summed E-state index contributed by atoms with van der Waals surface area (Å²) >= 11 is 0. The Morgan fingerprint density at radius 3 is 2.75 bits per heavy atom. The average Bonchev–Trinajstić information content (AvgIpc) is 3.01. The van der Waals surface area contributed by atoms with Crippen molar-refractivity contribution >= 4 is 18.3 Å². The fraction of sp³-hybridized carbons (Fsp3) is 0.429. The molecule has 1 atom stereocenters. The summed E-state index contributed by atoms with van der Waals surface area (Å²) in [5.41, 5.74) is 1.43. The van der Waals surface area contributed by atoms with Gasteiger partial charge in [-0.1, -0.05) is 6.07 Å². The Hall–Kier alpha value is -2.31. The van der Waals surface area contributed by atoms with Crippen LogP contribution in [0.25, 0.3) is 0 Å². The van der Waals surface area contributed by atoms with Gasteiger partial charge in [0, 0.05) is 18.3 Å². The van der Waals surface area contributed by atoms with Crippen LogP contribution in [0.15, 0.2) is 42.6 Å². The highest BCUT2D eigenvalue weighted by molar-refractivity contribution is 5.97. The molecule has 0 aliphatic carbocycles. The van der Waals surface area contributed by atoms with Crippen molar-refractivity contribution in [1.82, 2.24) is 15.2 Å². The van der Waals surface area contributed by atoms with Crippen LogP contribution in [0, 0.1) is 0 Å². The number of hydrogen-bond donors (Lipinski definition) is 1. The first-order valence-corrected chi connectivity index (χ1v) is 9.36. The van der Waals surface area contributed by atoms with E-state index in [0.717, 1.165) is 38.0 Å². The number of carbonyl (C=O) groups is 1. The Morgan fingerprint density at radius 1 is 1.18 bits per heavy atom. The largest absolute Gasteiger partial charge is 0.497 e. The minimum atomic E-state index is -0.0351. The molecule has 1 amide bonds. The maximum atomic E-state index is 13.5. The molecule has 0 radical (unpaired) electrons. The lowest BCUT2D eigenvalue weighted by Crippen LogP contribution is -2.40. The number of ether oxygens (including phenoxy) is 2. The van der Waals surface area contributed by atoms with E-state index >= 15 is 0 Å². The summed E-state index contributed by atoms with van der Waals surface area (Å²) in [5, 5.41) is 3.42. The van der Waals surface area contributed by atoms with Crippen molar-refractivity contribution in [2.24, 2.45) is 0 Å². The minimum Gasteiger partial charge on any atom is -0.497 e. The third-order valence-electron chi connectivity index (χ3n) is 4.94. The third-order valence-corrected chi connectivity index (χ3v) is 4.94. The lowest BCUT2D eigenvalue weighted by Gasteiger charge is -2.31. The van der Waals surface area contributed by atoms with Gasteiger partial charge in [-0.2, -0.15) is 0 Å². The minimum absolute atomic E-state index is 0. The number of benzene rings is 1. The molecular weight excluding hydrogens is 378 g/mol. The van der Waals surface area contributed by atoms with E-state index in [2.05, 4.69) is 10.3 Å². The molecule has 7 heteroatoms. The summed E-state index contributed by atoms with van der Waals surface area (Å²) in [6.45, 7) is 2.39. The molecule has 152 valence electrons. The van der Waals surface area contributed by atoms with Crippen LogP contribution < -0.4 is 14.8 Å². The van der Waals surface area contributed by atoms with Crippen molar-refractivity contribution in [2.75, 3.05) is 27.3 Å². The van der Waals surface area contributed by atoms with Crippen LogP contribution in [-0.2, 0) is 6.54 Å². The molecule has 0 saturated carbocycles. The molecule has 0 spiro atoms. The van der Waals surface area contributed by atoms with E-state index in [1.807, 2.05) is 23.1 Å². The van der Waals surface area contributed by atoms with Crippen LogP contribution in [0.4, 0.5) is 0 Å². The zero-order chi connectivity index (χ0) is 19.1. The first kappa shape index (κ1) is 22.0. The Balaban J connectivity index is 0.00000280. The SMILES string of the molecule is COc1ccc(C(=O)N(Cc2ccccn2)C2CCCNCC2)c(OC)c1.Cl. The van der Waals surface area contributed by atoms with Gasteiger partial charge in [0.05, 0.1) is 32.0 Å². The van der Waals surface area contributed by atoms with Gasteiger partial charge in [0.2, 0.25) is 0 Å². The molecule has 2 heterocycles. The zero-order valence-corrected chi connectivity index (χ0v) is 17.2. The number of hydrogen-bond acceptors (Lipinski definition) is 5. The molecule has 1 saturated heterocycles. The fourth-order valence-electron chi connectivity index (χ4n) is 3.48. The van der Waals surface area contributed by atoms with E-state index < -0.39 is 0 Å². The first-order valence-electron chi connectivity index (χ1n) is 9.36. The number of nitrogens with one attached hydrogen (secondary N) is 1. The highest BCUT2D eigenvalue weighted by Gasteiger charge is 2.28. The number of methoxy groups -OCH3 is 2. The monoisotopic (exact) mass is 405 g/mol. The lowest BCUT2D eigenvalue weighted by molar-refractivity contribution is 0.0639. The normalized spacial score (nSPS) is 16.4. The summed E-state index contributed by atoms with van der Waals surface area (Å²) in [7, 11) is 3.17.